The monoisotopic (exact) mass is 239 g/mol. The van der Waals surface area contributed by atoms with Gasteiger partial charge in [0.1, 0.15) is 0 Å². The summed E-state index contributed by atoms with van der Waals surface area (Å²) in [6.07, 6.45) is 1.27. The van der Waals surface area contributed by atoms with E-state index in [1.165, 1.54) is 11.0 Å². The molecule has 5 nitrogen and oxygen atoms in total. The van der Waals surface area contributed by atoms with Gasteiger partial charge in [-0.05, 0) is 13.8 Å². The lowest BCUT2D eigenvalue weighted by molar-refractivity contribution is -0.117. The van der Waals surface area contributed by atoms with Gasteiger partial charge < -0.3 is 15.1 Å². The fraction of sp³-hybridized carbons (Fsp3) is 0.500. The smallest absolute Gasteiger partial charge is 0.205 e. The minimum atomic E-state index is -0.219. The standard InChI is InChI=1S/C12H17NO4/c1-8-9(2)12(17)10(7-11(8)16)13(3-5-14)4-6-15/h7,14-15H,3-6H2,1-2H3. The number of rotatable bonds is 5. The predicted octanol–water partition coefficient (Wildman–Crippen LogP) is -0.355. The predicted molar refractivity (Wildman–Crippen MR) is 62.2 cm³/mol. The Morgan fingerprint density at radius 3 is 2.06 bits per heavy atom. The quantitative estimate of drug-likeness (QED) is 0.641. The van der Waals surface area contributed by atoms with E-state index in [1.807, 2.05) is 0 Å². The van der Waals surface area contributed by atoms with Crippen molar-refractivity contribution >= 4 is 11.6 Å². The summed E-state index contributed by atoms with van der Waals surface area (Å²) in [7, 11) is 0. The van der Waals surface area contributed by atoms with Gasteiger partial charge in [-0.3, -0.25) is 9.59 Å². The molecule has 94 valence electrons. The molecule has 0 aromatic heterocycles. The zero-order chi connectivity index (χ0) is 13.0. The Morgan fingerprint density at radius 2 is 1.59 bits per heavy atom. The molecule has 0 aliphatic heterocycles. The summed E-state index contributed by atoms with van der Waals surface area (Å²) >= 11 is 0. The minimum absolute atomic E-state index is 0.138. The van der Waals surface area contributed by atoms with Gasteiger partial charge in [-0.25, -0.2) is 0 Å². The molecular weight excluding hydrogens is 222 g/mol. The summed E-state index contributed by atoms with van der Waals surface area (Å²) < 4.78 is 0. The van der Waals surface area contributed by atoms with Crippen molar-refractivity contribution < 1.29 is 19.8 Å². The second-order valence-electron chi connectivity index (χ2n) is 3.91. The molecular formula is C12H17NO4. The third kappa shape index (κ3) is 2.81. The maximum atomic E-state index is 12.0. The lowest BCUT2D eigenvalue weighted by Gasteiger charge is -2.27. The van der Waals surface area contributed by atoms with Crippen LogP contribution in [-0.4, -0.2) is 53.0 Å². The van der Waals surface area contributed by atoms with E-state index < -0.39 is 0 Å². The highest BCUT2D eigenvalue weighted by Gasteiger charge is 2.26. The van der Waals surface area contributed by atoms with E-state index in [0.29, 0.717) is 11.1 Å². The second-order valence-corrected chi connectivity index (χ2v) is 3.91. The number of Topliss-reactive ketones (excluding diaryl/α,β-unsaturated/α-hetero) is 1. The van der Waals surface area contributed by atoms with E-state index in [2.05, 4.69) is 0 Å². The molecule has 0 saturated heterocycles. The Morgan fingerprint density at radius 1 is 1.06 bits per heavy atom. The molecule has 0 heterocycles. The van der Waals surface area contributed by atoms with Gasteiger partial charge in [0.25, 0.3) is 0 Å². The van der Waals surface area contributed by atoms with Crippen molar-refractivity contribution in [3.63, 3.8) is 0 Å². The average molecular weight is 239 g/mol. The molecule has 0 atom stereocenters. The molecule has 1 aliphatic carbocycles. The maximum absolute atomic E-state index is 12.0. The summed E-state index contributed by atoms with van der Waals surface area (Å²) in [6.45, 7) is 3.39. The molecule has 0 amide bonds. The van der Waals surface area contributed by atoms with E-state index in [-0.39, 0.29) is 43.6 Å². The Kier molecular flexibility index (Phi) is 4.60. The summed E-state index contributed by atoms with van der Waals surface area (Å²) in [4.78, 5) is 25.1. The number of allylic oxidation sites excluding steroid dienone is 3. The van der Waals surface area contributed by atoms with Crippen molar-refractivity contribution in [1.29, 1.82) is 0 Å². The molecule has 0 aromatic rings. The Labute approximate surface area is 100 Å². The van der Waals surface area contributed by atoms with Crippen LogP contribution < -0.4 is 0 Å². The number of ketones is 2. The van der Waals surface area contributed by atoms with Gasteiger partial charge in [-0.1, -0.05) is 0 Å². The first-order chi connectivity index (χ1) is 8.02. The molecule has 0 saturated carbocycles. The van der Waals surface area contributed by atoms with E-state index in [1.54, 1.807) is 13.8 Å². The summed E-state index contributed by atoms with van der Waals surface area (Å²) in [5.41, 5.74) is 1.13. The highest BCUT2D eigenvalue weighted by molar-refractivity contribution is 6.21. The average Bonchev–Trinajstić information content (AvgIpc) is 2.31. The van der Waals surface area contributed by atoms with Crippen LogP contribution in [0.15, 0.2) is 22.9 Å². The molecule has 2 N–H and O–H groups in total. The minimum Gasteiger partial charge on any atom is -0.395 e. The van der Waals surface area contributed by atoms with E-state index in [4.69, 9.17) is 10.2 Å². The van der Waals surface area contributed by atoms with Gasteiger partial charge in [-0.2, -0.15) is 0 Å². The number of carbonyl (C=O) groups excluding carboxylic acids is 2. The van der Waals surface area contributed by atoms with Crippen molar-refractivity contribution in [1.82, 2.24) is 4.90 Å². The zero-order valence-corrected chi connectivity index (χ0v) is 10.1. The topological polar surface area (TPSA) is 77.8 Å². The van der Waals surface area contributed by atoms with Gasteiger partial charge in [-0.15, -0.1) is 0 Å². The van der Waals surface area contributed by atoms with E-state index in [0.717, 1.165) is 0 Å². The van der Waals surface area contributed by atoms with Gasteiger partial charge in [0, 0.05) is 30.3 Å². The van der Waals surface area contributed by atoms with Crippen molar-refractivity contribution in [2.45, 2.75) is 13.8 Å². The highest BCUT2D eigenvalue weighted by Crippen LogP contribution is 2.20. The molecule has 0 fully saturated rings. The van der Waals surface area contributed by atoms with Crippen LogP contribution in [0.5, 0.6) is 0 Å². The molecule has 17 heavy (non-hydrogen) atoms. The number of hydrogen-bond donors (Lipinski definition) is 2. The largest absolute Gasteiger partial charge is 0.395 e. The number of hydrogen-bond acceptors (Lipinski definition) is 5. The molecule has 0 aromatic carbocycles. The van der Waals surface area contributed by atoms with Crippen molar-refractivity contribution in [3.05, 3.63) is 22.9 Å². The second kappa shape index (κ2) is 5.75. The van der Waals surface area contributed by atoms with Crippen LogP contribution >= 0.6 is 0 Å². The Balaban J connectivity index is 3.01. The Bertz CT molecular complexity index is 389. The van der Waals surface area contributed by atoms with Crippen LogP contribution in [0.1, 0.15) is 13.8 Å². The third-order valence-corrected chi connectivity index (χ3v) is 2.85. The number of nitrogens with zero attached hydrogens (tertiary/aromatic N) is 1. The fourth-order valence-electron chi connectivity index (χ4n) is 1.67. The van der Waals surface area contributed by atoms with Gasteiger partial charge >= 0.3 is 0 Å². The first-order valence-electron chi connectivity index (χ1n) is 5.47. The highest BCUT2D eigenvalue weighted by atomic mass is 16.3. The summed E-state index contributed by atoms with van der Waals surface area (Å²) in [6, 6.07) is 0. The van der Waals surface area contributed by atoms with Crippen LogP contribution in [0.25, 0.3) is 0 Å². The zero-order valence-electron chi connectivity index (χ0n) is 10.1. The van der Waals surface area contributed by atoms with Crippen molar-refractivity contribution in [2.24, 2.45) is 0 Å². The van der Waals surface area contributed by atoms with Crippen molar-refractivity contribution in [3.8, 4) is 0 Å². The number of aliphatic hydroxyl groups is 2. The number of aliphatic hydroxyl groups excluding tert-OH is 2. The van der Waals surface area contributed by atoms with Crippen LogP contribution in [-0.2, 0) is 9.59 Å². The lowest BCUT2D eigenvalue weighted by atomic mass is 9.94. The molecule has 5 heteroatoms. The molecule has 0 spiro atoms. The van der Waals surface area contributed by atoms with Crippen LogP contribution in [0, 0.1) is 0 Å². The molecule has 1 aliphatic rings. The fourth-order valence-corrected chi connectivity index (χ4v) is 1.67. The molecule has 0 unspecified atom stereocenters. The summed E-state index contributed by atoms with van der Waals surface area (Å²) in [5.74, 6) is -0.415. The summed E-state index contributed by atoms with van der Waals surface area (Å²) in [5, 5.41) is 17.8. The number of carbonyl (C=O) groups is 2. The van der Waals surface area contributed by atoms with E-state index in [9.17, 15) is 9.59 Å². The molecule has 0 bridgehead atoms. The van der Waals surface area contributed by atoms with Gasteiger partial charge in [0.2, 0.25) is 5.78 Å². The van der Waals surface area contributed by atoms with Crippen LogP contribution in [0.2, 0.25) is 0 Å². The van der Waals surface area contributed by atoms with Gasteiger partial charge in [0.05, 0.1) is 18.9 Å². The Hall–Kier alpha value is -1.46. The first-order valence-corrected chi connectivity index (χ1v) is 5.47. The van der Waals surface area contributed by atoms with Crippen LogP contribution in [0.4, 0.5) is 0 Å². The normalized spacial score (nSPS) is 16.4. The lowest BCUT2D eigenvalue weighted by Crippen LogP contribution is -2.35. The van der Waals surface area contributed by atoms with Gasteiger partial charge in [0.15, 0.2) is 5.78 Å². The molecule has 1 rings (SSSR count). The maximum Gasteiger partial charge on any atom is 0.205 e. The molecule has 0 radical (unpaired) electrons. The third-order valence-electron chi connectivity index (χ3n) is 2.85. The van der Waals surface area contributed by atoms with E-state index >= 15 is 0 Å². The SMILES string of the molecule is CC1=C(C)C(=O)C(N(CCO)CCO)=CC1=O. The first kappa shape index (κ1) is 13.6. The van der Waals surface area contributed by atoms with Crippen LogP contribution in [0.3, 0.4) is 0 Å². The van der Waals surface area contributed by atoms with Crippen molar-refractivity contribution in [2.75, 3.05) is 26.3 Å².